The van der Waals surface area contributed by atoms with Gasteiger partial charge >= 0.3 is 0 Å². The molecule has 0 saturated heterocycles. The van der Waals surface area contributed by atoms with Crippen molar-refractivity contribution in [1.29, 1.82) is 0 Å². The minimum absolute atomic E-state index is 0.0462. The van der Waals surface area contributed by atoms with E-state index >= 15 is 0 Å². The molecular weight excluding hydrogens is 246 g/mol. The minimum Gasteiger partial charge on any atom is -0.349 e. The lowest BCUT2D eigenvalue weighted by Crippen LogP contribution is -2.36. The summed E-state index contributed by atoms with van der Waals surface area (Å²) in [5, 5.41) is 3.16. The summed E-state index contributed by atoms with van der Waals surface area (Å²) in [5.74, 6) is 0.153. The molecule has 2 aromatic rings. The van der Waals surface area contributed by atoms with E-state index < -0.39 is 0 Å². The molecule has 1 N–H and O–H groups in total. The zero-order valence-corrected chi connectivity index (χ0v) is 11.7. The van der Waals surface area contributed by atoms with Crippen LogP contribution in [0.25, 0.3) is 0 Å². The topological polar surface area (TPSA) is 29.1 Å². The van der Waals surface area contributed by atoms with E-state index in [2.05, 4.69) is 17.4 Å². The predicted octanol–water partition coefficient (Wildman–Crippen LogP) is 3.60. The standard InChI is InChI=1S/C18H19NO/c1-14(15-8-4-2-5-9-15)19-17(20)18(12-13-18)16-10-6-3-7-11-16/h2-11,14H,12-13H2,1H3,(H,19,20)/t14-/m1/s1. The Labute approximate surface area is 119 Å². The highest BCUT2D eigenvalue weighted by molar-refractivity contribution is 5.91. The Hall–Kier alpha value is -2.09. The van der Waals surface area contributed by atoms with Crippen molar-refractivity contribution in [2.45, 2.75) is 31.2 Å². The Morgan fingerprint density at radius 2 is 1.55 bits per heavy atom. The van der Waals surface area contributed by atoms with Gasteiger partial charge in [-0.1, -0.05) is 60.7 Å². The molecule has 0 aromatic heterocycles. The van der Waals surface area contributed by atoms with E-state index in [4.69, 9.17) is 0 Å². The van der Waals surface area contributed by atoms with Gasteiger partial charge in [-0.05, 0) is 30.9 Å². The van der Waals surface area contributed by atoms with Crippen LogP contribution in [0.15, 0.2) is 60.7 Å². The van der Waals surface area contributed by atoms with Crippen molar-refractivity contribution in [2.24, 2.45) is 0 Å². The monoisotopic (exact) mass is 265 g/mol. The van der Waals surface area contributed by atoms with Gasteiger partial charge in [-0.2, -0.15) is 0 Å². The maximum Gasteiger partial charge on any atom is 0.231 e. The summed E-state index contributed by atoms with van der Waals surface area (Å²) in [7, 11) is 0. The maximum absolute atomic E-state index is 12.6. The van der Waals surface area contributed by atoms with Crippen LogP contribution in [0, 0.1) is 0 Å². The molecule has 2 nitrogen and oxygen atoms in total. The van der Waals surface area contributed by atoms with Crippen molar-refractivity contribution in [3.63, 3.8) is 0 Å². The summed E-state index contributed by atoms with van der Waals surface area (Å²) in [5.41, 5.74) is 1.99. The molecule has 0 heterocycles. The van der Waals surface area contributed by atoms with E-state index in [0.29, 0.717) is 0 Å². The number of hydrogen-bond acceptors (Lipinski definition) is 1. The lowest BCUT2D eigenvalue weighted by Gasteiger charge is -2.20. The van der Waals surface area contributed by atoms with Crippen molar-refractivity contribution in [3.8, 4) is 0 Å². The molecule has 102 valence electrons. The van der Waals surface area contributed by atoms with E-state index in [1.165, 1.54) is 0 Å². The first kappa shape index (κ1) is 12.9. The molecule has 1 amide bonds. The lowest BCUT2D eigenvalue weighted by molar-refractivity contribution is -0.124. The first-order valence-electron chi connectivity index (χ1n) is 7.14. The molecular formula is C18H19NO. The molecule has 0 bridgehead atoms. The van der Waals surface area contributed by atoms with Crippen LogP contribution in [0.4, 0.5) is 0 Å². The molecule has 1 saturated carbocycles. The summed E-state index contributed by atoms with van der Waals surface area (Å²) in [4.78, 5) is 12.6. The molecule has 0 unspecified atom stereocenters. The lowest BCUT2D eigenvalue weighted by atomic mass is 9.94. The first-order chi connectivity index (χ1) is 9.72. The minimum atomic E-state index is -0.287. The predicted molar refractivity (Wildman–Crippen MR) is 80.4 cm³/mol. The third-order valence-electron chi connectivity index (χ3n) is 4.16. The molecule has 1 aliphatic carbocycles. The zero-order valence-electron chi connectivity index (χ0n) is 11.7. The number of carbonyl (C=O) groups excluding carboxylic acids is 1. The first-order valence-corrected chi connectivity index (χ1v) is 7.14. The molecule has 2 aromatic carbocycles. The summed E-state index contributed by atoms with van der Waals surface area (Å²) < 4.78 is 0. The average Bonchev–Trinajstić information content (AvgIpc) is 3.31. The Morgan fingerprint density at radius 1 is 1.00 bits per heavy atom. The van der Waals surface area contributed by atoms with Crippen LogP contribution >= 0.6 is 0 Å². The van der Waals surface area contributed by atoms with Crippen LogP contribution in [0.1, 0.15) is 36.9 Å². The molecule has 0 aliphatic heterocycles. The highest BCUT2D eigenvalue weighted by Crippen LogP contribution is 2.48. The van der Waals surface area contributed by atoms with Crippen molar-refractivity contribution >= 4 is 5.91 Å². The summed E-state index contributed by atoms with van der Waals surface area (Å²) in [6, 6.07) is 20.2. The summed E-state index contributed by atoms with van der Waals surface area (Å²) >= 11 is 0. The molecule has 2 heteroatoms. The second kappa shape index (κ2) is 5.12. The van der Waals surface area contributed by atoms with E-state index in [1.54, 1.807) is 0 Å². The van der Waals surface area contributed by atoms with Crippen LogP contribution in [0.5, 0.6) is 0 Å². The van der Waals surface area contributed by atoms with Gasteiger partial charge in [-0.15, -0.1) is 0 Å². The summed E-state index contributed by atoms with van der Waals surface area (Å²) in [6.45, 7) is 2.04. The number of nitrogens with one attached hydrogen (secondary N) is 1. The van der Waals surface area contributed by atoms with Crippen molar-refractivity contribution in [3.05, 3.63) is 71.8 Å². The number of hydrogen-bond donors (Lipinski definition) is 1. The van der Waals surface area contributed by atoms with Crippen LogP contribution in [-0.4, -0.2) is 5.91 Å². The van der Waals surface area contributed by atoms with Gasteiger partial charge in [-0.25, -0.2) is 0 Å². The highest BCUT2D eigenvalue weighted by atomic mass is 16.2. The second-order valence-electron chi connectivity index (χ2n) is 5.55. The molecule has 1 atom stereocenters. The van der Waals surface area contributed by atoms with E-state index in [9.17, 15) is 4.79 Å². The highest BCUT2D eigenvalue weighted by Gasteiger charge is 2.51. The maximum atomic E-state index is 12.6. The van der Waals surface area contributed by atoms with Crippen LogP contribution < -0.4 is 5.32 Å². The SMILES string of the molecule is C[C@@H](NC(=O)C1(c2ccccc2)CC1)c1ccccc1. The number of benzene rings is 2. The zero-order chi connectivity index (χ0) is 14.0. The Balaban J connectivity index is 1.74. The number of amides is 1. The fourth-order valence-electron chi connectivity index (χ4n) is 2.69. The van der Waals surface area contributed by atoms with Gasteiger partial charge in [0.2, 0.25) is 5.91 Å². The Morgan fingerprint density at radius 3 is 2.10 bits per heavy atom. The van der Waals surface area contributed by atoms with Crippen molar-refractivity contribution < 1.29 is 4.79 Å². The third-order valence-corrected chi connectivity index (χ3v) is 4.16. The fraction of sp³-hybridized carbons (Fsp3) is 0.278. The fourth-order valence-corrected chi connectivity index (χ4v) is 2.69. The quantitative estimate of drug-likeness (QED) is 0.899. The normalized spacial score (nSPS) is 17.2. The van der Waals surface area contributed by atoms with E-state index in [0.717, 1.165) is 24.0 Å². The van der Waals surface area contributed by atoms with Gasteiger partial charge in [0.05, 0.1) is 11.5 Å². The van der Waals surface area contributed by atoms with Gasteiger partial charge < -0.3 is 5.32 Å². The van der Waals surface area contributed by atoms with E-state index in [-0.39, 0.29) is 17.4 Å². The van der Waals surface area contributed by atoms with Crippen LogP contribution in [0.3, 0.4) is 0 Å². The molecule has 3 rings (SSSR count). The van der Waals surface area contributed by atoms with Crippen molar-refractivity contribution in [2.75, 3.05) is 0 Å². The molecule has 20 heavy (non-hydrogen) atoms. The summed E-state index contributed by atoms with van der Waals surface area (Å²) in [6.07, 6.45) is 1.90. The van der Waals surface area contributed by atoms with E-state index in [1.807, 2.05) is 55.5 Å². The number of rotatable bonds is 4. The Bertz CT molecular complexity index is 587. The van der Waals surface area contributed by atoms with Gasteiger partial charge in [0.15, 0.2) is 0 Å². The number of carbonyl (C=O) groups is 1. The molecule has 1 aliphatic rings. The molecule has 1 fully saturated rings. The average molecular weight is 265 g/mol. The molecule has 0 radical (unpaired) electrons. The second-order valence-corrected chi connectivity index (χ2v) is 5.55. The smallest absolute Gasteiger partial charge is 0.231 e. The molecule has 0 spiro atoms. The largest absolute Gasteiger partial charge is 0.349 e. The van der Waals surface area contributed by atoms with Gasteiger partial charge in [-0.3, -0.25) is 4.79 Å². The van der Waals surface area contributed by atoms with Crippen LogP contribution in [0.2, 0.25) is 0 Å². The van der Waals surface area contributed by atoms with Crippen molar-refractivity contribution in [1.82, 2.24) is 5.32 Å². The third kappa shape index (κ3) is 2.34. The van der Waals surface area contributed by atoms with Gasteiger partial charge in [0.1, 0.15) is 0 Å². The van der Waals surface area contributed by atoms with Gasteiger partial charge in [0, 0.05) is 0 Å². The van der Waals surface area contributed by atoms with Gasteiger partial charge in [0.25, 0.3) is 0 Å². The van der Waals surface area contributed by atoms with Crippen LogP contribution in [-0.2, 0) is 10.2 Å². The Kier molecular flexibility index (Phi) is 3.31.